The van der Waals surface area contributed by atoms with E-state index < -0.39 is 5.82 Å². The van der Waals surface area contributed by atoms with E-state index >= 15 is 0 Å². The van der Waals surface area contributed by atoms with Crippen LogP contribution < -0.4 is 5.32 Å². The van der Waals surface area contributed by atoms with E-state index in [9.17, 15) is 14.3 Å². The molecular weight excluding hydrogens is 295 g/mol. The molecule has 2 rings (SSSR count). The third-order valence-electron chi connectivity index (χ3n) is 3.85. The van der Waals surface area contributed by atoms with Crippen LogP contribution in [0.15, 0.2) is 18.2 Å². The fraction of sp³-hybridized carbons (Fsp3) is 0.533. The number of rotatable bonds is 3. The first-order valence-electron chi connectivity index (χ1n) is 7.12. The second-order valence-corrected chi connectivity index (χ2v) is 5.89. The molecule has 2 unspecified atom stereocenters. The number of carbonyl (C=O) groups is 1. The van der Waals surface area contributed by atoms with Crippen LogP contribution in [0.4, 0.5) is 9.18 Å². The van der Waals surface area contributed by atoms with Crippen LogP contribution >= 0.6 is 11.6 Å². The second kappa shape index (κ2) is 7.09. The number of benzene rings is 1. The Labute approximate surface area is 128 Å². The molecule has 0 aliphatic carbocycles. The van der Waals surface area contributed by atoms with Crippen molar-refractivity contribution in [3.63, 3.8) is 0 Å². The van der Waals surface area contributed by atoms with Gasteiger partial charge in [-0.2, -0.15) is 0 Å². The molecule has 1 aliphatic rings. The molecule has 1 heterocycles. The van der Waals surface area contributed by atoms with Crippen LogP contribution in [-0.4, -0.2) is 35.7 Å². The normalized spacial score (nSPS) is 20.2. The highest BCUT2D eigenvalue weighted by Crippen LogP contribution is 2.21. The summed E-state index contributed by atoms with van der Waals surface area (Å²) in [5.41, 5.74) is 0.755. The van der Waals surface area contributed by atoms with Crippen LogP contribution in [0.25, 0.3) is 0 Å². The van der Waals surface area contributed by atoms with Gasteiger partial charge < -0.3 is 15.3 Å². The topological polar surface area (TPSA) is 52.6 Å². The van der Waals surface area contributed by atoms with Gasteiger partial charge in [-0.3, -0.25) is 0 Å². The van der Waals surface area contributed by atoms with E-state index in [1.165, 1.54) is 12.1 Å². The van der Waals surface area contributed by atoms with Crippen LogP contribution in [-0.2, 0) is 0 Å². The SMILES string of the molecule is CC(NC(=O)N1CCCC(CO)C1)c1ccc(F)c(Cl)c1. The van der Waals surface area contributed by atoms with Gasteiger partial charge in [0.15, 0.2) is 0 Å². The molecule has 2 atom stereocenters. The number of aliphatic hydroxyl groups excluding tert-OH is 1. The van der Waals surface area contributed by atoms with Gasteiger partial charge in [0.2, 0.25) is 0 Å². The minimum atomic E-state index is -0.472. The molecule has 1 aromatic carbocycles. The van der Waals surface area contributed by atoms with Crippen molar-refractivity contribution in [1.29, 1.82) is 0 Å². The van der Waals surface area contributed by atoms with Gasteiger partial charge in [0.25, 0.3) is 0 Å². The molecule has 1 aromatic rings. The molecule has 21 heavy (non-hydrogen) atoms. The highest BCUT2D eigenvalue weighted by Gasteiger charge is 2.24. The van der Waals surface area contributed by atoms with Gasteiger partial charge in [-0.1, -0.05) is 17.7 Å². The van der Waals surface area contributed by atoms with Crippen molar-refractivity contribution in [2.75, 3.05) is 19.7 Å². The predicted octanol–water partition coefficient (Wildman–Crippen LogP) is 2.95. The lowest BCUT2D eigenvalue weighted by molar-refractivity contribution is 0.128. The summed E-state index contributed by atoms with van der Waals surface area (Å²) in [4.78, 5) is 13.9. The number of nitrogens with zero attached hydrogens (tertiary/aromatic N) is 1. The summed E-state index contributed by atoms with van der Waals surface area (Å²) in [7, 11) is 0. The summed E-state index contributed by atoms with van der Waals surface area (Å²) in [6.07, 6.45) is 1.85. The molecular formula is C15H20ClFN2O2. The van der Waals surface area contributed by atoms with Gasteiger partial charge in [-0.05, 0) is 43.4 Å². The Balaban J connectivity index is 1.96. The maximum atomic E-state index is 13.1. The fourth-order valence-corrected chi connectivity index (χ4v) is 2.73. The Kier molecular flexibility index (Phi) is 5.42. The van der Waals surface area contributed by atoms with E-state index in [-0.39, 0.29) is 29.6 Å². The van der Waals surface area contributed by atoms with Crippen molar-refractivity contribution < 1.29 is 14.3 Å². The third-order valence-corrected chi connectivity index (χ3v) is 4.14. The maximum Gasteiger partial charge on any atom is 0.317 e. The molecule has 0 radical (unpaired) electrons. The average molecular weight is 315 g/mol. The average Bonchev–Trinajstić information content (AvgIpc) is 2.49. The summed E-state index contributed by atoms with van der Waals surface area (Å²) in [5, 5.41) is 12.1. The highest BCUT2D eigenvalue weighted by molar-refractivity contribution is 6.30. The van der Waals surface area contributed by atoms with Gasteiger partial charge in [-0.15, -0.1) is 0 Å². The summed E-state index contributed by atoms with van der Waals surface area (Å²) >= 11 is 5.76. The Morgan fingerprint density at radius 3 is 3.05 bits per heavy atom. The Morgan fingerprint density at radius 2 is 2.38 bits per heavy atom. The number of hydrogen-bond acceptors (Lipinski definition) is 2. The van der Waals surface area contributed by atoms with Gasteiger partial charge in [-0.25, -0.2) is 9.18 Å². The van der Waals surface area contributed by atoms with Crippen molar-refractivity contribution in [3.05, 3.63) is 34.6 Å². The number of halogens is 2. The van der Waals surface area contributed by atoms with E-state index in [1.54, 1.807) is 11.0 Å². The van der Waals surface area contributed by atoms with Gasteiger partial charge in [0.1, 0.15) is 5.82 Å². The summed E-state index contributed by atoms with van der Waals surface area (Å²) in [5.74, 6) is -0.319. The first-order valence-corrected chi connectivity index (χ1v) is 7.50. The first kappa shape index (κ1) is 16.0. The zero-order valence-electron chi connectivity index (χ0n) is 12.0. The molecule has 1 aliphatic heterocycles. The zero-order valence-corrected chi connectivity index (χ0v) is 12.7. The molecule has 1 fully saturated rings. The lowest BCUT2D eigenvalue weighted by Crippen LogP contribution is -2.46. The Morgan fingerprint density at radius 1 is 1.62 bits per heavy atom. The Hall–Kier alpha value is -1.33. The zero-order chi connectivity index (χ0) is 15.4. The van der Waals surface area contributed by atoms with Gasteiger partial charge in [0.05, 0.1) is 11.1 Å². The summed E-state index contributed by atoms with van der Waals surface area (Å²) in [6.45, 7) is 3.19. The summed E-state index contributed by atoms with van der Waals surface area (Å²) in [6, 6.07) is 4.00. The predicted molar refractivity (Wildman–Crippen MR) is 79.7 cm³/mol. The monoisotopic (exact) mass is 314 g/mol. The van der Waals surface area contributed by atoms with Crippen molar-refractivity contribution >= 4 is 17.6 Å². The van der Waals surface area contributed by atoms with Gasteiger partial charge in [0, 0.05) is 19.7 Å². The largest absolute Gasteiger partial charge is 0.396 e. The Bertz CT molecular complexity index is 512. The van der Waals surface area contributed by atoms with Crippen LogP contribution in [0.2, 0.25) is 5.02 Å². The van der Waals surface area contributed by atoms with Crippen LogP contribution in [0.1, 0.15) is 31.4 Å². The fourth-order valence-electron chi connectivity index (χ4n) is 2.54. The number of nitrogens with one attached hydrogen (secondary N) is 1. The van der Waals surface area contributed by atoms with Gasteiger partial charge >= 0.3 is 6.03 Å². The molecule has 0 spiro atoms. The van der Waals surface area contributed by atoms with E-state index in [4.69, 9.17) is 11.6 Å². The van der Waals surface area contributed by atoms with Crippen LogP contribution in [0.3, 0.4) is 0 Å². The molecule has 4 nitrogen and oxygen atoms in total. The number of amides is 2. The highest BCUT2D eigenvalue weighted by atomic mass is 35.5. The quantitative estimate of drug-likeness (QED) is 0.901. The molecule has 116 valence electrons. The van der Waals surface area contributed by atoms with Crippen LogP contribution in [0.5, 0.6) is 0 Å². The van der Waals surface area contributed by atoms with Crippen molar-refractivity contribution in [2.45, 2.75) is 25.8 Å². The first-order chi connectivity index (χ1) is 10.0. The minimum absolute atomic E-state index is 0.0481. The van der Waals surface area contributed by atoms with Crippen LogP contribution in [0, 0.1) is 11.7 Å². The number of hydrogen-bond donors (Lipinski definition) is 2. The molecule has 1 saturated heterocycles. The molecule has 0 bridgehead atoms. The molecule has 2 amide bonds. The molecule has 2 N–H and O–H groups in total. The number of carbonyl (C=O) groups excluding carboxylic acids is 1. The smallest absolute Gasteiger partial charge is 0.317 e. The number of likely N-dealkylation sites (tertiary alicyclic amines) is 1. The minimum Gasteiger partial charge on any atom is -0.396 e. The third kappa shape index (κ3) is 4.08. The standard InChI is InChI=1S/C15H20ClFN2O2/c1-10(12-4-5-14(17)13(16)7-12)18-15(21)19-6-2-3-11(8-19)9-20/h4-5,7,10-11,20H,2-3,6,8-9H2,1H3,(H,18,21). The van der Waals surface area contributed by atoms with E-state index in [1.807, 2.05) is 6.92 Å². The number of urea groups is 1. The summed E-state index contributed by atoms with van der Waals surface area (Å²) < 4.78 is 13.1. The lowest BCUT2D eigenvalue weighted by atomic mass is 9.99. The lowest BCUT2D eigenvalue weighted by Gasteiger charge is -2.32. The molecule has 0 saturated carbocycles. The molecule has 0 aromatic heterocycles. The van der Waals surface area contributed by atoms with Crippen molar-refractivity contribution in [2.24, 2.45) is 5.92 Å². The van der Waals surface area contributed by atoms with Crippen molar-refractivity contribution in [1.82, 2.24) is 10.2 Å². The van der Waals surface area contributed by atoms with Crippen molar-refractivity contribution in [3.8, 4) is 0 Å². The maximum absolute atomic E-state index is 13.1. The number of piperidine rings is 1. The van der Waals surface area contributed by atoms with E-state index in [0.29, 0.717) is 13.1 Å². The number of aliphatic hydroxyl groups is 1. The molecule has 6 heteroatoms. The van der Waals surface area contributed by atoms with E-state index in [0.717, 1.165) is 18.4 Å². The second-order valence-electron chi connectivity index (χ2n) is 5.48. The van der Waals surface area contributed by atoms with E-state index in [2.05, 4.69) is 5.32 Å².